The number of aromatic nitrogens is 5. The fourth-order valence-electron chi connectivity index (χ4n) is 1.77. The molecule has 0 aliphatic heterocycles. The average Bonchev–Trinajstić information content (AvgIpc) is 3.18. The van der Waals surface area contributed by atoms with Gasteiger partial charge in [0.25, 0.3) is 5.91 Å². The van der Waals surface area contributed by atoms with Gasteiger partial charge < -0.3 is 10.3 Å². The standard InChI is InChI=1S/C13H12N6O/c20-13(17-7-12-15-5-6-16-12)10-1-3-11(4-2-10)19-9-14-8-18-19/h1-6,8-9H,7H2,(H,15,16)(H,17,20). The van der Waals surface area contributed by atoms with Crippen molar-refractivity contribution in [1.82, 2.24) is 30.0 Å². The number of hydrogen-bond donors (Lipinski definition) is 2. The van der Waals surface area contributed by atoms with Crippen LogP contribution in [0.25, 0.3) is 5.69 Å². The number of nitrogens with one attached hydrogen (secondary N) is 2. The van der Waals surface area contributed by atoms with E-state index in [0.29, 0.717) is 12.1 Å². The van der Waals surface area contributed by atoms with E-state index in [2.05, 4.69) is 25.4 Å². The second-order valence-electron chi connectivity index (χ2n) is 4.11. The molecule has 0 saturated heterocycles. The monoisotopic (exact) mass is 268 g/mol. The van der Waals surface area contributed by atoms with Crippen LogP contribution in [0.4, 0.5) is 0 Å². The minimum Gasteiger partial charge on any atom is -0.347 e. The molecule has 1 aromatic carbocycles. The quantitative estimate of drug-likeness (QED) is 0.736. The van der Waals surface area contributed by atoms with Crippen molar-refractivity contribution in [3.05, 3.63) is 60.7 Å². The first-order valence-corrected chi connectivity index (χ1v) is 6.04. The fourth-order valence-corrected chi connectivity index (χ4v) is 1.77. The van der Waals surface area contributed by atoms with Gasteiger partial charge in [-0.3, -0.25) is 4.79 Å². The molecule has 0 atom stereocenters. The summed E-state index contributed by atoms with van der Waals surface area (Å²) in [6.45, 7) is 0.372. The zero-order valence-electron chi connectivity index (χ0n) is 10.5. The molecule has 0 fully saturated rings. The molecular weight excluding hydrogens is 256 g/mol. The van der Waals surface area contributed by atoms with Crippen molar-refractivity contribution in [2.24, 2.45) is 0 Å². The van der Waals surface area contributed by atoms with E-state index in [0.717, 1.165) is 11.5 Å². The highest BCUT2D eigenvalue weighted by Crippen LogP contribution is 2.08. The number of amides is 1. The van der Waals surface area contributed by atoms with Crippen molar-refractivity contribution in [3.63, 3.8) is 0 Å². The largest absolute Gasteiger partial charge is 0.347 e. The van der Waals surface area contributed by atoms with Crippen LogP contribution in [0.2, 0.25) is 0 Å². The van der Waals surface area contributed by atoms with Crippen molar-refractivity contribution in [3.8, 4) is 5.69 Å². The summed E-state index contributed by atoms with van der Waals surface area (Å²) in [5, 5.41) is 6.81. The zero-order chi connectivity index (χ0) is 13.8. The van der Waals surface area contributed by atoms with E-state index >= 15 is 0 Å². The van der Waals surface area contributed by atoms with Gasteiger partial charge in [-0.25, -0.2) is 14.6 Å². The third-order valence-corrected chi connectivity index (χ3v) is 2.78. The minimum atomic E-state index is -0.147. The molecule has 0 radical (unpaired) electrons. The first-order valence-electron chi connectivity index (χ1n) is 6.04. The van der Waals surface area contributed by atoms with Crippen LogP contribution in [-0.2, 0) is 6.54 Å². The maximum absolute atomic E-state index is 12.0. The first kappa shape index (κ1) is 12.1. The number of aromatic amines is 1. The molecule has 1 amide bonds. The number of nitrogens with zero attached hydrogens (tertiary/aromatic N) is 4. The lowest BCUT2D eigenvalue weighted by Gasteiger charge is -2.05. The number of imidazole rings is 1. The highest BCUT2D eigenvalue weighted by Gasteiger charge is 2.06. The Morgan fingerprint density at radius 3 is 2.80 bits per heavy atom. The summed E-state index contributed by atoms with van der Waals surface area (Å²) < 4.78 is 1.63. The number of rotatable bonds is 4. The van der Waals surface area contributed by atoms with E-state index in [9.17, 15) is 4.79 Å². The van der Waals surface area contributed by atoms with E-state index in [1.807, 2.05) is 12.1 Å². The molecule has 2 aromatic heterocycles. The van der Waals surface area contributed by atoms with Gasteiger partial charge in [0.2, 0.25) is 0 Å². The van der Waals surface area contributed by atoms with Gasteiger partial charge in [0.15, 0.2) is 0 Å². The van der Waals surface area contributed by atoms with Gasteiger partial charge in [0, 0.05) is 18.0 Å². The lowest BCUT2D eigenvalue weighted by Crippen LogP contribution is -2.23. The fraction of sp³-hybridized carbons (Fsp3) is 0.0769. The van der Waals surface area contributed by atoms with Gasteiger partial charge in [0.1, 0.15) is 18.5 Å². The molecular formula is C13H12N6O. The minimum absolute atomic E-state index is 0.147. The SMILES string of the molecule is O=C(NCc1ncc[nH]1)c1ccc(-n2cncn2)cc1. The van der Waals surface area contributed by atoms with Crippen molar-refractivity contribution in [2.75, 3.05) is 0 Å². The summed E-state index contributed by atoms with van der Waals surface area (Å²) >= 11 is 0. The topological polar surface area (TPSA) is 88.5 Å². The van der Waals surface area contributed by atoms with Gasteiger partial charge in [-0.2, -0.15) is 5.10 Å². The summed E-state index contributed by atoms with van der Waals surface area (Å²) in [6, 6.07) is 7.12. The molecule has 0 aliphatic rings. The average molecular weight is 268 g/mol. The van der Waals surface area contributed by atoms with Crippen molar-refractivity contribution < 1.29 is 4.79 Å². The van der Waals surface area contributed by atoms with Gasteiger partial charge in [-0.05, 0) is 24.3 Å². The third-order valence-electron chi connectivity index (χ3n) is 2.78. The second-order valence-corrected chi connectivity index (χ2v) is 4.11. The van der Waals surface area contributed by atoms with E-state index in [-0.39, 0.29) is 5.91 Å². The van der Waals surface area contributed by atoms with E-state index in [1.165, 1.54) is 6.33 Å². The van der Waals surface area contributed by atoms with Crippen LogP contribution in [0.1, 0.15) is 16.2 Å². The predicted molar refractivity (Wildman–Crippen MR) is 71.1 cm³/mol. The van der Waals surface area contributed by atoms with Crippen molar-refractivity contribution >= 4 is 5.91 Å². The summed E-state index contributed by atoms with van der Waals surface area (Å²) in [5.74, 6) is 0.573. The molecule has 20 heavy (non-hydrogen) atoms. The van der Waals surface area contributed by atoms with Gasteiger partial charge in [0.05, 0.1) is 12.2 Å². The molecule has 7 nitrogen and oxygen atoms in total. The van der Waals surface area contributed by atoms with Crippen LogP contribution in [0.15, 0.2) is 49.3 Å². The smallest absolute Gasteiger partial charge is 0.251 e. The Morgan fingerprint density at radius 1 is 1.30 bits per heavy atom. The van der Waals surface area contributed by atoms with Crippen LogP contribution in [-0.4, -0.2) is 30.6 Å². The second kappa shape index (κ2) is 5.35. The molecule has 0 aliphatic carbocycles. The highest BCUT2D eigenvalue weighted by atomic mass is 16.1. The number of carbonyl (C=O) groups is 1. The van der Waals surface area contributed by atoms with E-state index < -0.39 is 0 Å². The number of H-pyrrole nitrogens is 1. The molecule has 2 heterocycles. The van der Waals surface area contributed by atoms with Crippen molar-refractivity contribution in [1.29, 1.82) is 0 Å². The zero-order valence-corrected chi connectivity index (χ0v) is 10.5. The normalized spacial score (nSPS) is 10.4. The molecule has 2 N–H and O–H groups in total. The first-order chi connectivity index (χ1) is 9.83. The Morgan fingerprint density at radius 2 is 2.15 bits per heavy atom. The lowest BCUT2D eigenvalue weighted by molar-refractivity contribution is 0.0950. The number of benzene rings is 1. The molecule has 3 rings (SSSR count). The Kier molecular flexibility index (Phi) is 3.24. The third kappa shape index (κ3) is 2.56. The van der Waals surface area contributed by atoms with Gasteiger partial charge in [-0.15, -0.1) is 0 Å². The number of hydrogen-bond acceptors (Lipinski definition) is 4. The maximum Gasteiger partial charge on any atom is 0.251 e. The van der Waals surface area contributed by atoms with Gasteiger partial charge >= 0.3 is 0 Å². The van der Waals surface area contributed by atoms with Crippen LogP contribution in [0.5, 0.6) is 0 Å². The maximum atomic E-state index is 12.0. The molecule has 0 saturated carbocycles. The van der Waals surface area contributed by atoms with Crippen LogP contribution >= 0.6 is 0 Å². The van der Waals surface area contributed by atoms with Crippen LogP contribution < -0.4 is 5.32 Å². The Bertz CT molecular complexity index is 672. The van der Waals surface area contributed by atoms with E-state index in [1.54, 1.807) is 35.5 Å². The molecule has 0 unspecified atom stereocenters. The van der Waals surface area contributed by atoms with Gasteiger partial charge in [-0.1, -0.05) is 0 Å². The lowest BCUT2D eigenvalue weighted by atomic mass is 10.2. The predicted octanol–water partition coefficient (Wildman–Crippen LogP) is 0.920. The van der Waals surface area contributed by atoms with Crippen LogP contribution in [0, 0.1) is 0 Å². The number of carbonyl (C=O) groups excluding carboxylic acids is 1. The summed E-state index contributed by atoms with van der Waals surface area (Å²) in [6.07, 6.45) is 6.43. The molecule has 100 valence electrons. The summed E-state index contributed by atoms with van der Waals surface area (Å²) in [7, 11) is 0. The molecule has 0 bridgehead atoms. The van der Waals surface area contributed by atoms with E-state index in [4.69, 9.17) is 0 Å². The molecule has 7 heteroatoms. The molecule has 0 spiro atoms. The molecule has 3 aromatic rings. The summed E-state index contributed by atoms with van der Waals surface area (Å²) in [4.78, 5) is 22.8. The Labute approximate surface area is 114 Å². The van der Waals surface area contributed by atoms with Crippen LogP contribution in [0.3, 0.4) is 0 Å². The Hall–Kier alpha value is -2.96. The highest BCUT2D eigenvalue weighted by molar-refractivity contribution is 5.94. The van der Waals surface area contributed by atoms with Crippen molar-refractivity contribution in [2.45, 2.75) is 6.54 Å². The Balaban J connectivity index is 1.66. The summed E-state index contributed by atoms with van der Waals surface area (Å²) in [5.41, 5.74) is 1.44.